The third kappa shape index (κ3) is 3.00. The molecule has 0 aliphatic heterocycles. The summed E-state index contributed by atoms with van der Waals surface area (Å²) in [4.78, 5) is 0.101. The minimum Gasteiger partial charge on any atom is -0.496 e. The highest BCUT2D eigenvalue weighted by molar-refractivity contribution is 7.93. The van der Waals surface area contributed by atoms with E-state index in [1.165, 1.54) is 24.8 Å². The Labute approximate surface area is 114 Å². The molecule has 102 valence electrons. The predicted octanol–water partition coefficient (Wildman–Crippen LogP) is 0.806. The van der Waals surface area contributed by atoms with E-state index in [0.717, 1.165) is 11.3 Å². The van der Waals surface area contributed by atoms with Crippen molar-refractivity contribution in [2.24, 2.45) is 5.73 Å². The van der Waals surface area contributed by atoms with E-state index < -0.39 is 10.0 Å². The number of nitrogens with two attached hydrogens (primary N) is 1. The van der Waals surface area contributed by atoms with Crippen LogP contribution in [0.3, 0.4) is 0 Å². The highest BCUT2D eigenvalue weighted by Gasteiger charge is 2.17. The van der Waals surface area contributed by atoms with E-state index in [2.05, 4.69) is 14.9 Å². The van der Waals surface area contributed by atoms with Crippen molar-refractivity contribution in [3.63, 3.8) is 0 Å². The Morgan fingerprint density at radius 2 is 2.26 bits per heavy atom. The van der Waals surface area contributed by atoms with Crippen LogP contribution in [0.5, 0.6) is 5.75 Å². The molecule has 0 saturated heterocycles. The van der Waals surface area contributed by atoms with Crippen LogP contribution in [0.15, 0.2) is 28.6 Å². The van der Waals surface area contributed by atoms with E-state index in [1.54, 1.807) is 6.07 Å². The number of nitrogens with zero attached hydrogens (tertiary/aromatic N) is 2. The Balaban J connectivity index is 2.35. The van der Waals surface area contributed by atoms with Gasteiger partial charge in [0, 0.05) is 12.1 Å². The highest BCUT2D eigenvalue weighted by atomic mass is 32.2. The monoisotopic (exact) mass is 300 g/mol. The maximum Gasteiger partial charge on any atom is 0.263 e. The number of hydrogen-bond donors (Lipinski definition) is 2. The smallest absolute Gasteiger partial charge is 0.263 e. The topological polar surface area (TPSA) is 107 Å². The Hall–Kier alpha value is -1.71. The van der Waals surface area contributed by atoms with Gasteiger partial charge in [0.2, 0.25) is 5.13 Å². The Bertz CT molecular complexity index is 655. The lowest BCUT2D eigenvalue weighted by Crippen LogP contribution is -2.13. The third-order valence-electron chi connectivity index (χ3n) is 2.36. The first kappa shape index (κ1) is 13.7. The number of nitrogens with one attached hydrogen (secondary N) is 1. The lowest BCUT2D eigenvalue weighted by atomic mass is 10.2. The molecule has 1 aromatic heterocycles. The summed E-state index contributed by atoms with van der Waals surface area (Å²) < 4.78 is 31.7. The molecule has 0 fully saturated rings. The molecular formula is C10H12N4O3S2. The molecule has 0 saturated carbocycles. The molecule has 9 heteroatoms. The van der Waals surface area contributed by atoms with Gasteiger partial charge in [0.25, 0.3) is 10.0 Å². The normalized spacial score (nSPS) is 11.3. The van der Waals surface area contributed by atoms with E-state index in [4.69, 9.17) is 10.5 Å². The minimum atomic E-state index is -3.69. The average Bonchev–Trinajstić information content (AvgIpc) is 2.89. The van der Waals surface area contributed by atoms with E-state index in [1.807, 2.05) is 0 Å². The van der Waals surface area contributed by atoms with Gasteiger partial charge in [0.1, 0.15) is 11.3 Å². The number of anilines is 1. The molecule has 0 spiro atoms. The van der Waals surface area contributed by atoms with E-state index in [0.29, 0.717) is 11.3 Å². The van der Waals surface area contributed by atoms with Gasteiger partial charge < -0.3 is 10.5 Å². The number of ether oxygens (including phenoxy) is 1. The first-order valence-corrected chi connectivity index (χ1v) is 7.59. The fraction of sp³-hybridized carbons (Fsp3) is 0.200. The molecule has 0 bridgehead atoms. The molecule has 0 unspecified atom stereocenters. The summed E-state index contributed by atoms with van der Waals surface area (Å²) in [6, 6.07) is 4.49. The average molecular weight is 300 g/mol. The Morgan fingerprint density at radius 1 is 1.47 bits per heavy atom. The first-order chi connectivity index (χ1) is 9.06. The van der Waals surface area contributed by atoms with Crippen LogP contribution in [0.2, 0.25) is 0 Å². The SMILES string of the molecule is COc1ccc(S(=O)(=O)Nc2nncs2)cc1CN. The van der Waals surface area contributed by atoms with Crippen LogP contribution in [-0.4, -0.2) is 25.7 Å². The molecule has 3 N–H and O–H groups in total. The second-order valence-electron chi connectivity index (χ2n) is 3.53. The van der Waals surface area contributed by atoms with Crippen molar-refractivity contribution in [3.05, 3.63) is 29.3 Å². The molecule has 0 aliphatic carbocycles. The summed E-state index contributed by atoms with van der Waals surface area (Å²) in [5, 5.41) is 7.41. The molecule has 0 amide bonds. The zero-order chi connectivity index (χ0) is 13.9. The molecule has 1 aromatic carbocycles. The first-order valence-electron chi connectivity index (χ1n) is 5.23. The summed E-state index contributed by atoms with van der Waals surface area (Å²) in [6.45, 7) is 0.186. The Kier molecular flexibility index (Phi) is 3.98. The van der Waals surface area contributed by atoms with E-state index in [-0.39, 0.29) is 16.6 Å². The van der Waals surface area contributed by atoms with Crippen molar-refractivity contribution < 1.29 is 13.2 Å². The van der Waals surface area contributed by atoms with Crippen LogP contribution in [0.4, 0.5) is 5.13 Å². The molecular weight excluding hydrogens is 288 g/mol. The van der Waals surface area contributed by atoms with Crippen molar-refractivity contribution >= 4 is 26.5 Å². The lowest BCUT2D eigenvalue weighted by molar-refractivity contribution is 0.409. The maximum absolute atomic E-state index is 12.1. The van der Waals surface area contributed by atoms with Crippen molar-refractivity contribution in [1.29, 1.82) is 0 Å². The summed E-state index contributed by atoms with van der Waals surface area (Å²) in [5.41, 5.74) is 7.61. The number of benzene rings is 1. The van der Waals surface area contributed by atoms with Crippen LogP contribution >= 0.6 is 11.3 Å². The largest absolute Gasteiger partial charge is 0.496 e. The van der Waals surface area contributed by atoms with E-state index >= 15 is 0 Å². The zero-order valence-electron chi connectivity index (χ0n) is 10.0. The number of hydrogen-bond acceptors (Lipinski definition) is 7. The molecule has 1 heterocycles. The van der Waals surface area contributed by atoms with Crippen molar-refractivity contribution in [2.75, 3.05) is 11.8 Å². The van der Waals surface area contributed by atoms with Crippen LogP contribution in [0, 0.1) is 0 Å². The van der Waals surface area contributed by atoms with Gasteiger partial charge in [-0.3, -0.25) is 4.72 Å². The number of rotatable bonds is 5. The van der Waals surface area contributed by atoms with Gasteiger partial charge in [-0.15, -0.1) is 10.2 Å². The number of methoxy groups -OCH3 is 1. The summed E-state index contributed by atoms with van der Waals surface area (Å²) in [7, 11) is -2.19. The lowest BCUT2D eigenvalue weighted by Gasteiger charge is -2.10. The van der Waals surface area contributed by atoms with Crippen molar-refractivity contribution in [3.8, 4) is 5.75 Å². The van der Waals surface area contributed by atoms with Gasteiger partial charge in [0.15, 0.2) is 0 Å². The Morgan fingerprint density at radius 3 is 2.84 bits per heavy atom. The van der Waals surface area contributed by atoms with Crippen LogP contribution in [-0.2, 0) is 16.6 Å². The number of sulfonamides is 1. The van der Waals surface area contributed by atoms with Crippen LogP contribution in [0.25, 0.3) is 0 Å². The van der Waals surface area contributed by atoms with Gasteiger partial charge in [-0.25, -0.2) is 8.42 Å². The molecule has 0 radical (unpaired) electrons. The molecule has 0 aliphatic rings. The van der Waals surface area contributed by atoms with Gasteiger partial charge >= 0.3 is 0 Å². The van der Waals surface area contributed by atoms with Crippen molar-refractivity contribution in [1.82, 2.24) is 10.2 Å². The summed E-state index contributed by atoms with van der Waals surface area (Å²) >= 11 is 1.10. The fourth-order valence-corrected chi connectivity index (χ4v) is 3.22. The van der Waals surface area contributed by atoms with Gasteiger partial charge in [-0.1, -0.05) is 11.3 Å². The third-order valence-corrected chi connectivity index (χ3v) is 4.44. The second kappa shape index (κ2) is 5.51. The summed E-state index contributed by atoms with van der Waals surface area (Å²) in [5.74, 6) is 0.553. The quantitative estimate of drug-likeness (QED) is 0.846. The van der Waals surface area contributed by atoms with E-state index in [9.17, 15) is 8.42 Å². The molecule has 19 heavy (non-hydrogen) atoms. The van der Waals surface area contributed by atoms with Gasteiger partial charge in [-0.05, 0) is 18.2 Å². The fourth-order valence-electron chi connectivity index (χ4n) is 1.47. The van der Waals surface area contributed by atoms with Crippen LogP contribution in [0.1, 0.15) is 5.56 Å². The van der Waals surface area contributed by atoms with Gasteiger partial charge in [-0.2, -0.15) is 0 Å². The minimum absolute atomic E-state index is 0.101. The van der Waals surface area contributed by atoms with Crippen LogP contribution < -0.4 is 15.2 Å². The molecule has 2 aromatic rings. The zero-order valence-corrected chi connectivity index (χ0v) is 11.7. The van der Waals surface area contributed by atoms with Gasteiger partial charge in [0.05, 0.1) is 12.0 Å². The molecule has 7 nitrogen and oxygen atoms in total. The maximum atomic E-state index is 12.1. The van der Waals surface area contributed by atoms with Crippen molar-refractivity contribution in [2.45, 2.75) is 11.4 Å². The number of aromatic nitrogens is 2. The standard InChI is InChI=1S/C10H12N4O3S2/c1-17-9-3-2-8(4-7(9)5-11)19(15,16)14-10-13-12-6-18-10/h2-4,6H,5,11H2,1H3,(H,13,14). The highest BCUT2D eigenvalue weighted by Crippen LogP contribution is 2.23. The predicted molar refractivity (Wildman–Crippen MR) is 71.6 cm³/mol. The summed E-state index contributed by atoms with van der Waals surface area (Å²) in [6.07, 6.45) is 0. The molecule has 2 rings (SSSR count). The second-order valence-corrected chi connectivity index (χ2v) is 6.04. The molecule has 0 atom stereocenters.